The average molecular weight is 274 g/mol. The van der Waals surface area contributed by atoms with Gasteiger partial charge in [-0.15, -0.1) is 0 Å². The van der Waals surface area contributed by atoms with Crippen LogP contribution in [0.4, 0.5) is 5.82 Å². The smallest absolute Gasteiger partial charge is 0.163 e. The summed E-state index contributed by atoms with van der Waals surface area (Å²) in [6.07, 6.45) is 7.09. The van der Waals surface area contributed by atoms with E-state index in [9.17, 15) is 0 Å². The van der Waals surface area contributed by atoms with Crippen molar-refractivity contribution < 1.29 is 0 Å². The van der Waals surface area contributed by atoms with Gasteiger partial charge in [-0.05, 0) is 25.8 Å². The predicted molar refractivity (Wildman–Crippen MR) is 79.8 cm³/mol. The lowest BCUT2D eigenvalue weighted by molar-refractivity contribution is 0.429. The van der Waals surface area contributed by atoms with E-state index in [4.69, 9.17) is 0 Å². The number of rotatable bonds is 4. The monoisotopic (exact) mass is 274 g/mol. The molecule has 0 spiro atoms. The molecule has 1 fully saturated rings. The Morgan fingerprint density at radius 2 is 2.35 bits per heavy atom. The average Bonchev–Trinajstić information content (AvgIpc) is 2.88. The molecule has 1 atom stereocenters. The fraction of sp³-hybridized carbons (Fsp3) is 0.643. The molecule has 0 saturated carbocycles. The summed E-state index contributed by atoms with van der Waals surface area (Å²) in [6, 6.07) is 0.516. The first kappa shape index (κ1) is 13.3. The van der Waals surface area contributed by atoms with Gasteiger partial charge in [-0.2, -0.15) is 5.10 Å². The summed E-state index contributed by atoms with van der Waals surface area (Å²) in [7, 11) is 1.92. The molecule has 0 bridgehead atoms. The van der Waals surface area contributed by atoms with E-state index in [0.717, 1.165) is 42.9 Å². The highest BCUT2D eigenvalue weighted by Gasteiger charge is 2.23. The minimum Gasteiger partial charge on any atom is -0.352 e. The van der Waals surface area contributed by atoms with Crippen LogP contribution in [0.3, 0.4) is 0 Å². The van der Waals surface area contributed by atoms with Crippen LogP contribution in [0, 0.1) is 0 Å². The lowest BCUT2D eigenvalue weighted by Gasteiger charge is -2.35. The molecule has 0 aliphatic carbocycles. The van der Waals surface area contributed by atoms with Crippen molar-refractivity contribution in [3.05, 3.63) is 12.5 Å². The van der Waals surface area contributed by atoms with Crippen LogP contribution in [0.1, 0.15) is 26.2 Å². The van der Waals surface area contributed by atoms with E-state index in [1.54, 1.807) is 6.33 Å². The van der Waals surface area contributed by atoms with Crippen LogP contribution in [-0.4, -0.2) is 45.4 Å². The molecule has 6 heteroatoms. The summed E-state index contributed by atoms with van der Waals surface area (Å²) < 4.78 is 1.81. The van der Waals surface area contributed by atoms with E-state index in [2.05, 4.69) is 32.2 Å². The highest BCUT2D eigenvalue weighted by atomic mass is 15.3. The summed E-state index contributed by atoms with van der Waals surface area (Å²) in [4.78, 5) is 11.3. The Kier molecular flexibility index (Phi) is 3.82. The van der Waals surface area contributed by atoms with Gasteiger partial charge in [0.2, 0.25) is 0 Å². The van der Waals surface area contributed by atoms with Crippen molar-refractivity contribution in [1.29, 1.82) is 0 Å². The number of aromatic nitrogens is 4. The predicted octanol–water partition coefficient (Wildman–Crippen LogP) is 1.33. The molecule has 1 N–H and O–H groups in total. The Balaban J connectivity index is 2.00. The number of hydrogen-bond donors (Lipinski definition) is 1. The standard InChI is InChI=1S/C14H22N6/c1-3-7-20(11-5-4-6-15-8-11)14-12-9-18-19(2)13(12)16-10-17-14/h9-11,15H,3-8H2,1-2H3. The van der Waals surface area contributed by atoms with Gasteiger partial charge in [0.25, 0.3) is 0 Å². The van der Waals surface area contributed by atoms with Crippen LogP contribution < -0.4 is 10.2 Å². The number of nitrogens with one attached hydrogen (secondary N) is 1. The van der Waals surface area contributed by atoms with Crippen molar-refractivity contribution in [2.45, 2.75) is 32.2 Å². The molecule has 3 rings (SSSR count). The topological polar surface area (TPSA) is 58.9 Å². The second-order valence-electron chi connectivity index (χ2n) is 5.40. The molecular weight excluding hydrogens is 252 g/mol. The summed E-state index contributed by atoms with van der Waals surface area (Å²) >= 11 is 0. The van der Waals surface area contributed by atoms with Crippen molar-refractivity contribution in [3.8, 4) is 0 Å². The van der Waals surface area contributed by atoms with E-state index in [0.29, 0.717) is 6.04 Å². The van der Waals surface area contributed by atoms with Gasteiger partial charge in [-0.1, -0.05) is 6.92 Å². The largest absolute Gasteiger partial charge is 0.352 e. The van der Waals surface area contributed by atoms with Crippen LogP contribution in [-0.2, 0) is 7.05 Å². The van der Waals surface area contributed by atoms with Crippen molar-refractivity contribution in [3.63, 3.8) is 0 Å². The maximum absolute atomic E-state index is 4.55. The normalized spacial score (nSPS) is 19.4. The summed E-state index contributed by atoms with van der Waals surface area (Å²) in [5.41, 5.74) is 0.903. The zero-order valence-electron chi connectivity index (χ0n) is 12.2. The van der Waals surface area contributed by atoms with Crippen LogP contribution in [0.15, 0.2) is 12.5 Å². The van der Waals surface area contributed by atoms with Gasteiger partial charge in [0.05, 0.1) is 11.6 Å². The molecule has 108 valence electrons. The second kappa shape index (κ2) is 5.75. The molecule has 3 heterocycles. The molecule has 6 nitrogen and oxygen atoms in total. The Morgan fingerprint density at radius 3 is 3.10 bits per heavy atom. The van der Waals surface area contributed by atoms with E-state index in [-0.39, 0.29) is 0 Å². The minimum absolute atomic E-state index is 0.516. The molecule has 2 aromatic heterocycles. The molecule has 20 heavy (non-hydrogen) atoms. The molecule has 1 aliphatic rings. The molecule has 1 aliphatic heterocycles. The van der Waals surface area contributed by atoms with Crippen molar-refractivity contribution >= 4 is 16.9 Å². The zero-order valence-corrected chi connectivity index (χ0v) is 12.2. The quantitative estimate of drug-likeness (QED) is 0.911. The molecule has 0 radical (unpaired) electrons. The van der Waals surface area contributed by atoms with Gasteiger partial charge in [-0.25, -0.2) is 9.97 Å². The maximum atomic E-state index is 4.55. The fourth-order valence-corrected chi connectivity index (χ4v) is 2.98. The van der Waals surface area contributed by atoms with Gasteiger partial charge in [0, 0.05) is 26.2 Å². The first-order chi connectivity index (χ1) is 9.81. The molecule has 2 aromatic rings. The molecule has 0 aromatic carbocycles. The third kappa shape index (κ3) is 2.35. The van der Waals surface area contributed by atoms with Crippen molar-refractivity contribution in [2.24, 2.45) is 7.05 Å². The second-order valence-corrected chi connectivity index (χ2v) is 5.40. The number of anilines is 1. The lowest BCUT2D eigenvalue weighted by Crippen LogP contribution is -2.47. The zero-order chi connectivity index (χ0) is 13.9. The fourth-order valence-electron chi connectivity index (χ4n) is 2.98. The van der Waals surface area contributed by atoms with Crippen LogP contribution in [0.2, 0.25) is 0 Å². The minimum atomic E-state index is 0.516. The van der Waals surface area contributed by atoms with E-state index >= 15 is 0 Å². The Bertz CT molecular complexity index is 572. The maximum Gasteiger partial charge on any atom is 0.163 e. The van der Waals surface area contributed by atoms with E-state index < -0.39 is 0 Å². The third-order valence-electron chi connectivity index (χ3n) is 3.96. The SMILES string of the molecule is CCCN(c1ncnc2c1cnn2C)C1CCCNC1. The summed E-state index contributed by atoms with van der Waals surface area (Å²) in [5.74, 6) is 1.03. The molecular formula is C14H22N6. The first-order valence-electron chi connectivity index (χ1n) is 7.41. The number of piperidine rings is 1. The highest BCUT2D eigenvalue weighted by Crippen LogP contribution is 2.26. The molecule has 1 unspecified atom stereocenters. The summed E-state index contributed by atoms with van der Waals surface area (Å²) in [6.45, 7) is 5.40. The van der Waals surface area contributed by atoms with Gasteiger partial charge < -0.3 is 10.2 Å². The van der Waals surface area contributed by atoms with Gasteiger partial charge >= 0.3 is 0 Å². The van der Waals surface area contributed by atoms with Crippen molar-refractivity contribution in [2.75, 3.05) is 24.5 Å². The number of fused-ring (bicyclic) bond motifs is 1. The Hall–Kier alpha value is -1.69. The summed E-state index contributed by atoms with van der Waals surface area (Å²) in [5, 5.41) is 8.86. The van der Waals surface area contributed by atoms with Gasteiger partial charge in [0.1, 0.15) is 12.1 Å². The van der Waals surface area contributed by atoms with Crippen LogP contribution in [0.5, 0.6) is 0 Å². The molecule has 0 amide bonds. The number of nitrogens with zero attached hydrogens (tertiary/aromatic N) is 5. The Labute approximate surface area is 119 Å². The van der Waals surface area contributed by atoms with Crippen molar-refractivity contribution in [1.82, 2.24) is 25.1 Å². The number of hydrogen-bond acceptors (Lipinski definition) is 5. The van der Waals surface area contributed by atoms with Crippen LogP contribution >= 0.6 is 0 Å². The van der Waals surface area contributed by atoms with Gasteiger partial charge in [-0.3, -0.25) is 4.68 Å². The highest BCUT2D eigenvalue weighted by molar-refractivity contribution is 5.86. The Morgan fingerprint density at radius 1 is 1.45 bits per heavy atom. The van der Waals surface area contributed by atoms with E-state index in [1.165, 1.54) is 12.8 Å². The van der Waals surface area contributed by atoms with E-state index in [1.807, 2.05) is 17.9 Å². The molecule has 1 saturated heterocycles. The number of aryl methyl sites for hydroxylation is 1. The van der Waals surface area contributed by atoms with Crippen LogP contribution in [0.25, 0.3) is 11.0 Å². The van der Waals surface area contributed by atoms with Gasteiger partial charge in [0.15, 0.2) is 5.65 Å². The third-order valence-corrected chi connectivity index (χ3v) is 3.96. The lowest BCUT2D eigenvalue weighted by atomic mass is 10.1. The first-order valence-corrected chi connectivity index (χ1v) is 7.41.